The molecule has 2 heterocycles. The van der Waals surface area contributed by atoms with E-state index in [-0.39, 0.29) is 28.8 Å². The topological polar surface area (TPSA) is 124 Å². The van der Waals surface area contributed by atoms with Gasteiger partial charge in [0.1, 0.15) is 0 Å². The van der Waals surface area contributed by atoms with Crippen molar-refractivity contribution < 1.29 is 27.5 Å². The van der Waals surface area contributed by atoms with Gasteiger partial charge in [0, 0.05) is 11.4 Å². The van der Waals surface area contributed by atoms with Gasteiger partial charge in [-0.05, 0) is 13.8 Å². The molecule has 1 aromatic heterocycles. The summed E-state index contributed by atoms with van der Waals surface area (Å²) in [7, 11) is 0. The van der Waals surface area contributed by atoms with E-state index in [2.05, 4.69) is 20.8 Å². The maximum Gasteiger partial charge on any atom is 0.453 e. The third-order valence-corrected chi connectivity index (χ3v) is 4.10. The molecule has 9 nitrogen and oxygen atoms in total. The van der Waals surface area contributed by atoms with E-state index < -0.39 is 30.0 Å². The van der Waals surface area contributed by atoms with Crippen LogP contribution in [-0.4, -0.2) is 45.3 Å². The number of aromatic nitrogens is 3. The number of carbonyl (C=O) groups excluding carboxylic acids is 2. The van der Waals surface area contributed by atoms with Gasteiger partial charge in [0.25, 0.3) is 5.82 Å². The molecule has 138 valence electrons. The highest BCUT2D eigenvalue weighted by Gasteiger charge is 2.38. The van der Waals surface area contributed by atoms with Gasteiger partial charge in [0.15, 0.2) is 0 Å². The van der Waals surface area contributed by atoms with Crippen molar-refractivity contribution in [1.29, 1.82) is 0 Å². The van der Waals surface area contributed by atoms with E-state index >= 15 is 0 Å². The Bertz CT molecular complexity index is 717. The number of hydrogen-bond acceptors (Lipinski definition) is 7. The molecule has 0 bridgehead atoms. The first-order chi connectivity index (χ1) is 11.6. The molecule has 0 spiro atoms. The number of alkyl halides is 3. The molecular formula is C12H15F3N6O3S. The maximum atomic E-state index is 12.7. The van der Waals surface area contributed by atoms with Crippen LogP contribution in [0.3, 0.4) is 0 Å². The minimum Gasteiger partial charge on any atom is -0.463 e. The fourth-order valence-corrected chi connectivity index (χ4v) is 2.92. The van der Waals surface area contributed by atoms with Gasteiger partial charge in [-0.2, -0.15) is 13.2 Å². The average Bonchev–Trinajstić information content (AvgIpc) is 2.85. The molecule has 2 rings (SSSR count). The zero-order chi connectivity index (χ0) is 18.8. The molecule has 1 atom stereocenters. The first-order valence-corrected chi connectivity index (χ1v) is 8.01. The molecule has 0 aromatic carbocycles. The highest BCUT2D eigenvalue weighted by molar-refractivity contribution is 7.99. The maximum absolute atomic E-state index is 12.7. The number of nitrogens with two attached hydrogens (primary N) is 1. The number of esters is 1. The van der Waals surface area contributed by atoms with Gasteiger partial charge >= 0.3 is 18.2 Å². The van der Waals surface area contributed by atoms with Gasteiger partial charge in [0.2, 0.25) is 5.16 Å². The summed E-state index contributed by atoms with van der Waals surface area (Å²) in [5.74, 6) is 3.30. The van der Waals surface area contributed by atoms with E-state index in [1.807, 2.05) is 0 Å². The number of nitrogens with zero attached hydrogens (tertiary/aromatic N) is 3. The number of rotatable bonds is 5. The minimum absolute atomic E-state index is 0.0565. The van der Waals surface area contributed by atoms with Crippen LogP contribution in [0.15, 0.2) is 16.4 Å². The summed E-state index contributed by atoms with van der Waals surface area (Å²) >= 11 is 0.790. The average molecular weight is 380 g/mol. The molecule has 0 saturated heterocycles. The van der Waals surface area contributed by atoms with Crippen molar-refractivity contribution in [3.63, 3.8) is 0 Å². The molecule has 0 fully saturated rings. The molecule has 1 aromatic rings. The van der Waals surface area contributed by atoms with E-state index in [0.717, 1.165) is 11.8 Å². The Morgan fingerprint density at radius 3 is 2.68 bits per heavy atom. The van der Waals surface area contributed by atoms with E-state index in [1.165, 1.54) is 0 Å². The van der Waals surface area contributed by atoms with Crippen LogP contribution < -0.4 is 16.5 Å². The van der Waals surface area contributed by atoms with Crippen molar-refractivity contribution >= 4 is 23.8 Å². The zero-order valence-electron chi connectivity index (χ0n) is 13.2. The summed E-state index contributed by atoms with van der Waals surface area (Å²) in [6.07, 6.45) is -4.74. The van der Waals surface area contributed by atoms with Gasteiger partial charge in [0.05, 0.1) is 18.2 Å². The van der Waals surface area contributed by atoms with E-state index in [1.54, 1.807) is 13.8 Å². The van der Waals surface area contributed by atoms with E-state index in [0.29, 0.717) is 4.68 Å². The zero-order valence-corrected chi connectivity index (χ0v) is 14.0. The second-order valence-corrected chi connectivity index (χ2v) is 5.84. The van der Waals surface area contributed by atoms with Crippen molar-refractivity contribution in [2.45, 2.75) is 31.2 Å². The van der Waals surface area contributed by atoms with Gasteiger partial charge in [-0.25, -0.2) is 14.3 Å². The third-order valence-electron chi connectivity index (χ3n) is 3.13. The van der Waals surface area contributed by atoms with Crippen LogP contribution in [0.25, 0.3) is 0 Å². The minimum atomic E-state index is -4.74. The predicted molar refractivity (Wildman–Crippen MR) is 80.7 cm³/mol. The molecule has 13 heteroatoms. The lowest BCUT2D eigenvalue weighted by atomic mass is 10.1. The normalized spacial score (nSPS) is 18.0. The second-order valence-electron chi connectivity index (χ2n) is 4.90. The Labute approximate surface area is 144 Å². The molecule has 0 saturated carbocycles. The summed E-state index contributed by atoms with van der Waals surface area (Å²) in [5, 5.41) is 11.1. The number of thioether (sulfide) groups is 1. The van der Waals surface area contributed by atoms with Gasteiger partial charge in [-0.15, -0.1) is 10.2 Å². The van der Waals surface area contributed by atoms with Crippen molar-refractivity contribution in [3.8, 4) is 0 Å². The Morgan fingerprint density at radius 1 is 1.44 bits per heavy atom. The van der Waals surface area contributed by atoms with Crippen LogP contribution in [0.5, 0.6) is 0 Å². The third kappa shape index (κ3) is 4.15. The Balaban J connectivity index is 2.24. The van der Waals surface area contributed by atoms with Crippen LogP contribution in [0.4, 0.5) is 18.0 Å². The van der Waals surface area contributed by atoms with Crippen LogP contribution in [-0.2, 0) is 15.7 Å². The molecule has 4 N–H and O–H groups in total. The van der Waals surface area contributed by atoms with Crippen molar-refractivity contribution in [1.82, 2.24) is 25.5 Å². The lowest BCUT2D eigenvalue weighted by Gasteiger charge is -2.26. The molecule has 0 unspecified atom stereocenters. The van der Waals surface area contributed by atoms with Crippen molar-refractivity contribution in [3.05, 3.63) is 17.1 Å². The largest absolute Gasteiger partial charge is 0.463 e. The smallest absolute Gasteiger partial charge is 0.453 e. The fourth-order valence-electron chi connectivity index (χ4n) is 2.10. The number of amides is 2. The van der Waals surface area contributed by atoms with Crippen LogP contribution in [0.2, 0.25) is 0 Å². The number of ether oxygens (including phenoxy) is 1. The predicted octanol–water partition coefficient (Wildman–Crippen LogP) is 0.621. The first kappa shape index (κ1) is 18.9. The standard InChI is InChI=1S/C12H15F3N6O3S/c1-3-24-8(22)7-5(2)17-10(23)18-6(7)4-25-11-20-19-9(21(11)16)12(13,14)15/h5H,3-4,16H2,1-2H3,(H2,17,18,23)/t5-/m0/s1. The van der Waals surface area contributed by atoms with Crippen molar-refractivity contribution in [2.75, 3.05) is 18.2 Å². The summed E-state index contributed by atoms with van der Waals surface area (Å²) in [5.41, 5.74) is 0.379. The highest BCUT2D eigenvalue weighted by atomic mass is 32.2. The number of urea groups is 1. The molecule has 2 amide bonds. The summed E-state index contributed by atoms with van der Waals surface area (Å²) in [6.45, 7) is 3.35. The van der Waals surface area contributed by atoms with Crippen molar-refractivity contribution in [2.24, 2.45) is 0 Å². The summed E-state index contributed by atoms with van der Waals surface area (Å²) in [6, 6.07) is -1.16. The second kappa shape index (κ2) is 7.21. The van der Waals surface area contributed by atoms with Crippen LogP contribution in [0.1, 0.15) is 19.7 Å². The van der Waals surface area contributed by atoms with E-state index in [9.17, 15) is 22.8 Å². The SMILES string of the molecule is CCOC(=O)C1=C(CSc2nnc(C(F)(F)F)n2N)NC(=O)N[C@H]1C. The molecule has 25 heavy (non-hydrogen) atoms. The van der Waals surface area contributed by atoms with Gasteiger partial charge in [-0.1, -0.05) is 11.8 Å². The van der Waals surface area contributed by atoms with Crippen LogP contribution in [0, 0.1) is 0 Å². The monoisotopic (exact) mass is 380 g/mol. The number of halogens is 3. The highest BCUT2D eigenvalue weighted by Crippen LogP contribution is 2.29. The lowest BCUT2D eigenvalue weighted by Crippen LogP contribution is -2.49. The first-order valence-electron chi connectivity index (χ1n) is 7.03. The Morgan fingerprint density at radius 2 is 2.12 bits per heavy atom. The Hall–Kier alpha value is -2.44. The van der Waals surface area contributed by atoms with E-state index in [4.69, 9.17) is 10.6 Å². The fraction of sp³-hybridized carbons (Fsp3) is 0.500. The van der Waals surface area contributed by atoms with Gasteiger partial charge < -0.3 is 21.2 Å². The summed E-state index contributed by atoms with van der Waals surface area (Å²) in [4.78, 5) is 23.7. The lowest BCUT2D eigenvalue weighted by molar-refractivity contribution is -0.146. The van der Waals surface area contributed by atoms with Gasteiger partial charge in [-0.3, -0.25) is 0 Å². The number of carbonyl (C=O) groups is 2. The quantitative estimate of drug-likeness (QED) is 0.389. The molecular weight excluding hydrogens is 365 g/mol. The summed E-state index contributed by atoms with van der Waals surface area (Å²) < 4.78 is 43.2. The molecule has 0 radical (unpaired) electrons. The molecule has 1 aliphatic heterocycles. The molecule has 0 aliphatic carbocycles. The number of hydrogen-bond donors (Lipinski definition) is 3. The number of nitrogens with one attached hydrogen (secondary N) is 2. The Kier molecular flexibility index (Phi) is 5.45. The molecule has 1 aliphatic rings. The van der Waals surface area contributed by atoms with Crippen LogP contribution >= 0.6 is 11.8 Å². The number of nitrogen functional groups attached to an aromatic ring is 1.